The number of amides is 3. The summed E-state index contributed by atoms with van der Waals surface area (Å²) in [6.07, 6.45) is 3.24. The van der Waals surface area contributed by atoms with Crippen LogP contribution in [-0.2, 0) is 4.74 Å². The van der Waals surface area contributed by atoms with Gasteiger partial charge in [0, 0.05) is 55.8 Å². The Morgan fingerprint density at radius 2 is 2.03 bits per heavy atom. The number of pyridine rings is 1. The molecule has 31 heavy (non-hydrogen) atoms. The second-order valence-electron chi connectivity index (χ2n) is 7.55. The third-order valence-electron chi connectivity index (χ3n) is 5.44. The van der Waals surface area contributed by atoms with Gasteiger partial charge in [0.15, 0.2) is 0 Å². The highest BCUT2D eigenvalue weighted by Gasteiger charge is 2.25. The maximum Gasteiger partial charge on any atom is 0.319 e. The van der Waals surface area contributed by atoms with Crippen LogP contribution in [0.1, 0.15) is 45.9 Å². The predicted octanol–water partition coefficient (Wildman–Crippen LogP) is 3.05. The second kappa shape index (κ2) is 10.5. The van der Waals surface area contributed by atoms with Gasteiger partial charge >= 0.3 is 6.03 Å². The first kappa shape index (κ1) is 22.2. The number of ether oxygens (including phenoxy) is 1. The van der Waals surface area contributed by atoms with Gasteiger partial charge in [0.25, 0.3) is 5.91 Å². The standard InChI is InChI=1S/C23H27N5O3/c1-16-3-5-19(13-21(16)27-23(30)25-9-12-31-2)22(29)28-10-7-18(8-11-28)20-6-4-17(14-24)15-26-20/h3-6,13,15,18H,7-12H2,1-2H3,(H2,25,27,30). The minimum Gasteiger partial charge on any atom is -0.383 e. The number of methoxy groups -OCH3 is 1. The number of hydrogen-bond acceptors (Lipinski definition) is 5. The van der Waals surface area contributed by atoms with Crippen molar-refractivity contribution in [2.45, 2.75) is 25.7 Å². The molecule has 0 aliphatic carbocycles. The summed E-state index contributed by atoms with van der Waals surface area (Å²) in [6, 6.07) is 10.8. The van der Waals surface area contributed by atoms with Crippen LogP contribution in [0.5, 0.6) is 0 Å². The summed E-state index contributed by atoms with van der Waals surface area (Å²) in [4.78, 5) is 31.3. The van der Waals surface area contributed by atoms with E-state index < -0.39 is 0 Å². The molecule has 2 aromatic rings. The van der Waals surface area contributed by atoms with Crippen LogP contribution < -0.4 is 10.6 Å². The molecule has 0 spiro atoms. The first-order valence-electron chi connectivity index (χ1n) is 10.3. The number of aromatic nitrogens is 1. The topological polar surface area (TPSA) is 107 Å². The Morgan fingerprint density at radius 3 is 2.68 bits per heavy atom. The van der Waals surface area contributed by atoms with Gasteiger partial charge in [-0.15, -0.1) is 0 Å². The quantitative estimate of drug-likeness (QED) is 0.697. The first-order valence-corrected chi connectivity index (χ1v) is 10.3. The number of benzene rings is 1. The molecule has 1 saturated heterocycles. The number of nitrogens with zero attached hydrogens (tertiary/aromatic N) is 3. The SMILES string of the molecule is COCCNC(=O)Nc1cc(C(=O)N2CCC(c3ccc(C#N)cn3)CC2)ccc1C. The molecule has 1 fully saturated rings. The molecule has 8 heteroatoms. The third-order valence-corrected chi connectivity index (χ3v) is 5.44. The van der Waals surface area contributed by atoms with Crippen LogP contribution in [0.4, 0.5) is 10.5 Å². The number of carbonyl (C=O) groups is 2. The Balaban J connectivity index is 1.60. The number of nitriles is 1. The van der Waals surface area contributed by atoms with E-state index in [2.05, 4.69) is 21.7 Å². The number of piperidine rings is 1. The number of nitrogens with one attached hydrogen (secondary N) is 2. The van der Waals surface area contributed by atoms with Crippen LogP contribution in [0.25, 0.3) is 0 Å². The number of hydrogen-bond donors (Lipinski definition) is 2. The van der Waals surface area contributed by atoms with Crippen molar-refractivity contribution in [2.75, 3.05) is 38.7 Å². The Bertz CT molecular complexity index is 960. The van der Waals surface area contributed by atoms with E-state index >= 15 is 0 Å². The monoisotopic (exact) mass is 421 g/mol. The highest BCUT2D eigenvalue weighted by molar-refractivity contribution is 5.97. The summed E-state index contributed by atoms with van der Waals surface area (Å²) < 4.78 is 4.92. The molecule has 2 N–H and O–H groups in total. The molecule has 0 bridgehead atoms. The predicted molar refractivity (Wildman–Crippen MR) is 117 cm³/mol. The van der Waals surface area contributed by atoms with Crippen molar-refractivity contribution in [2.24, 2.45) is 0 Å². The molecule has 3 amide bonds. The molecule has 1 aliphatic heterocycles. The van der Waals surface area contributed by atoms with Gasteiger partial charge in [0.2, 0.25) is 0 Å². The average molecular weight is 422 g/mol. The summed E-state index contributed by atoms with van der Waals surface area (Å²) in [5, 5.41) is 14.4. The van der Waals surface area contributed by atoms with E-state index in [4.69, 9.17) is 10.00 Å². The van der Waals surface area contributed by atoms with Gasteiger partial charge in [-0.25, -0.2) is 4.79 Å². The molecular weight excluding hydrogens is 394 g/mol. The number of rotatable bonds is 6. The molecule has 1 aromatic heterocycles. The summed E-state index contributed by atoms with van der Waals surface area (Å²) in [6.45, 7) is 4.00. The average Bonchev–Trinajstić information content (AvgIpc) is 2.80. The highest BCUT2D eigenvalue weighted by atomic mass is 16.5. The Labute approximate surface area is 182 Å². The highest BCUT2D eigenvalue weighted by Crippen LogP contribution is 2.28. The van der Waals surface area contributed by atoms with Crippen molar-refractivity contribution < 1.29 is 14.3 Å². The zero-order chi connectivity index (χ0) is 22.2. The van der Waals surface area contributed by atoms with Crippen LogP contribution >= 0.6 is 0 Å². The lowest BCUT2D eigenvalue weighted by molar-refractivity contribution is 0.0712. The van der Waals surface area contributed by atoms with E-state index in [1.165, 1.54) is 0 Å². The van der Waals surface area contributed by atoms with Crippen molar-refractivity contribution in [3.63, 3.8) is 0 Å². The molecule has 0 atom stereocenters. The Hall–Kier alpha value is -3.44. The third kappa shape index (κ3) is 5.80. The van der Waals surface area contributed by atoms with Crippen molar-refractivity contribution in [3.05, 3.63) is 58.9 Å². The second-order valence-corrected chi connectivity index (χ2v) is 7.55. The molecule has 3 rings (SSSR count). The van der Waals surface area contributed by atoms with Gasteiger partial charge in [-0.1, -0.05) is 6.07 Å². The maximum atomic E-state index is 13.0. The zero-order valence-electron chi connectivity index (χ0n) is 17.9. The van der Waals surface area contributed by atoms with Crippen LogP contribution in [0.3, 0.4) is 0 Å². The molecule has 0 unspecified atom stereocenters. The van der Waals surface area contributed by atoms with Gasteiger partial charge in [-0.2, -0.15) is 5.26 Å². The van der Waals surface area contributed by atoms with E-state index in [1.54, 1.807) is 31.5 Å². The summed E-state index contributed by atoms with van der Waals surface area (Å²) >= 11 is 0. The smallest absolute Gasteiger partial charge is 0.319 e. The van der Waals surface area contributed by atoms with Crippen LogP contribution in [0.2, 0.25) is 0 Å². The largest absolute Gasteiger partial charge is 0.383 e. The molecule has 0 radical (unpaired) electrons. The lowest BCUT2D eigenvalue weighted by Gasteiger charge is -2.32. The van der Waals surface area contributed by atoms with Gasteiger partial charge < -0.3 is 20.3 Å². The van der Waals surface area contributed by atoms with Gasteiger partial charge in [-0.05, 0) is 49.6 Å². The maximum absolute atomic E-state index is 13.0. The Morgan fingerprint density at radius 1 is 1.26 bits per heavy atom. The molecular formula is C23H27N5O3. The summed E-state index contributed by atoms with van der Waals surface area (Å²) in [7, 11) is 1.57. The number of urea groups is 1. The molecule has 8 nitrogen and oxygen atoms in total. The lowest BCUT2D eigenvalue weighted by atomic mass is 9.92. The molecule has 162 valence electrons. The fraction of sp³-hybridized carbons (Fsp3) is 0.391. The molecule has 2 heterocycles. The van der Waals surface area contributed by atoms with E-state index in [0.29, 0.717) is 43.1 Å². The van der Waals surface area contributed by atoms with Crippen molar-refractivity contribution in [1.29, 1.82) is 5.26 Å². The van der Waals surface area contributed by atoms with E-state index in [1.807, 2.05) is 24.0 Å². The Kier molecular flexibility index (Phi) is 7.57. The molecule has 1 aliphatic rings. The number of aryl methyl sites for hydroxylation is 1. The van der Waals surface area contributed by atoms with Gasteiger partial charge in [0.05, 0.1) is 12.2 Å². The van der Waals surface area contributed by atoms with Crippen molar-refractivity contribution in [1.82, 2.24) is 15.2 Å². The van der Waals surface area contributed by atoms with Gasteiger partial charge in [-0.3, -0.25) is 9.78 Å². The van der Waals surface area contributed by atoms with Crippen LogP contribution in [0, 0.1) is 18.3 Å². The number of anilines is 1. The van der Waals surface area contributed by atoms with E-state index in [0.717, 1.165) is 24.1 Å². The van der Waals surface area contributed by atoms with Crippen molar-refractivity contribution in [3.8, 4) is 6.07 Å². The number of likely N-dealkylation sites (tertiary alicyclic amines) is 1. The zero-order valence-corrected chi connectivity index (χ0v) is 17.9. The fourth-order valence-electron chi connectivity index (χ4n) is 3.60. The van der Waals surface area contributed by atoms with E-state index in [-0.39, 0.29) is 17.9 Å². The number of carbonyl (C=O) groups excluding carboxylic acids is 2. The normalized spacial score (nSPS) is 14.0. The lowest BCUT2D eigenvalue weighted by Crippen LogP contribution is -2.38. The van der Waals surface area contributed by atoms with Crippen LogP contribution in [-0.4, -0.2) is 55.2 Å². The van der Waals surface area contributed by atoms with Crippen molar-refractivity contribution >= 4 is 17.6 Å². The minimum atomic E-state index is -0.333. The molecule has 1 aromatic carbocycles. The van der Waals surface area contributed by atoms with E-state index in [9.17, 15) is 9.59 Å². The molecule has 0 saturated carbocycles. The summed E-state index contributed by atoms with van der Waals surface area (Å²) in [5.74, 6) is 0.233. The first-order chi connectivity index (χ1) is 15.0. The van der Waals surface area contributed by atoms with Gasteiger partial charge in [0.1, 0.15) is 6.07 Å². The summed E-state index contributed by atoms with van der Waals surface area (Å²) in [5.41, 5.74) is 3.55. The fourth-order valence-corrected chi connectivity index (χ4v) is 3.60. The van der Waals surface area contributed by atoms with Crippen LogP contribution in [0.15, 0.2) is 36.5 Å². The minimum absolute atomic E-state index is 0.0471.